The van der Waals surface area contributed by atoms with Crippen LogP contribution in [0.1, 0.15) is 24.8 Å². The second-order valence-corrected chi connectivity index (χ2v) is 4.27. The van der Waals surface area contributed by atoms with Gasteiger partial charge in [-0.2, -0.15) is 13.2 Å². The van der Waals surface area contributed by atoms with Crippen molar-refractivity contribution in [3.8, 4) is 0 Å². The molecule has 0 saturated carbocycles. The molecule has 1 heterocycles. The Bertz CT molecular complexity index is 471. The van der Waals surface area contributed by atoms with Gasteiger partial charge in [0.1, 0.15) is 0 Å². The molecule has 98 valence electrons. The van der Waals surface area contributed by atoms with E-state index in [2.05, 4.69) is 0 Å². The van der Waals surface area contributed by atoms with Crippen LogP contribution in [0, 0.1) is 0 Å². The second-order valence-electron chi connectivity index (χ2n) is 4.27. The fourth-order valence-electron chi connectivity index (χ4n) is 2.04. The molecule has 0 radical (unpaired) electrons. The van der Waals surface area contributed by atoms with Crippen molar-refractivity contribution >= 4 is 17.3 Å². The average molecular weight is 258 g/mol. The maximum atomic E-state index is 12.5. The molecule has 0 atom stereocenters. The number of anilines is 2. The third kappa shape index (κ3) is 2.42. The van der Waals surface area contributed by atoms with Crippen LogP contribution < -0.4 is 10.6 Å². The Balaban J connectivity index is 2.32. The Morgan fingerprint density at radius 1 is 1.22 bits per heavy atom. The van der Waals surface area contributed by atoms with Gasteiger partial charge in [0.2, 0.25) is 5.91 Å². The van der Waals surface area contributed by atoms with E-state index < -0.39 is 11.7 Å². The summed E-state index contributed by atoms with van der Waals surface area (Å²) < 4.78 is 37.4. The normalized spacial score (nSPS) is 17.1. The standard InChI is InChI=1S/C12H13F3N2O/c13-12(14,15)8-4-5-10(9(16)7-8)17-6-2-1-3-11(17)18/h4-5,7H,1-3,6,16H2. The van der Waals surface area contributed by atoms with Gasteiger partial charge >= 0.3 is 6.18 Å². The highest BCUT2D eigenvalue weighted by Gasteiger charge is 2.31. The molecular formula is C12H13F3N2O. The van der Waals surface area contributed by atoms with Crippen LogP contribution in [-0.2, 0) is 11.0 Å². The van der Waals surface area contributed by atoms with Crippen molar-refractivity contribution in [2.45, 2.75) is 25.4 Å². The van der Waals surface area contributed by atoms with Crippen LogP contribution in [0.3, 0.4) is 0 Å². The van der Waals surface area contributed by atoms with E-state index in [1.165, 1.54) is 11.0 Å². The van der Waals surface area contributed by atoms with Crippen molar-refractivity contribution in [2.24, 2.45) is 0 Å². The number of alkyl halides is 3. The minimum atomic E-state index is -4.42. The number of halogens is 3. The lowest BCUT2D eigenvalue weighted by molar-refractivity contribution is -0.137. The molecule has 0 bridgehead atoms. The molecule has 3 nitrogen and oxygen atoms in total. The largest absolute Gasteiger partial charge is 0.416 e. The maximum Gasteiger partial charge on any atom is 0.416 e. The van der Waals surface area contributed by atoms with E-state index in [1.54, 1.807) is 0 Å². The molecule has 1 amide bonds. The molecule has 2 rings (SSSR count). The first-order chi connectivity index (χ1) is 8.39. The van der Waals surface area contributed by atoms with Gasteiger partial charge in [0.15, 0.2) is 0 Å². The zero-order valence-electron chi connectivity index (χ0n) is 9.63. The van der Waals surface area contributed by atoms with Crippen LogP contribution in [0.4, 0.5) is 24.5 Å². The predicted molar refractivity (Wildman–Crippen MR) is 62.1 cm³/mol. The van der Waals surface area contributed by atoms with Gasteiger partial charge in [-0.05, 0) is 31.0 Å². The number of amides is 1. The van der Waals surface area contributed by atoms with Crippen molar-refractivity contribution in [2.75, 3.05) is 17.2 Å². The number of nitrogens with two attached hydrogens (primary N) is 1. The van der Waals surface area contributed by atoms with Crippen LogP contribution in [-0.4, -0.2) is 12.5 Å². The smallest absolute Gasteiger partial charge is 0.397 e. The molecule has 18 heavy (non-hydrogen) atoms. The number of nitrogen functional groups attached to an aromatic ring is 1. The molecule has 1 aromatic carbocycles. The second kappa shape index (κ2) is 4.51. The third-order valence-electron chi connectivity index (χ3n) is 2.97. The van der Waals surface area contributed by atoms with E-state index >= 15 is 0 Å². The summed E-state index contributed by atoms with van der Waals surface area (Å²) >= 11 is 0. The molecule has 0 spiro atoms. The quantitative estimate of drug-likeness (QED) is 0.787. The summed E-state index contributed by atoms with van der Waals surface area (Å²) in [7, 11) is 0. The summed E-state index contributed by atoms with van der Waals surface area (Å²) in [5.74, 6) is -0.0901. The van der Waals surface area contributed by atoms with Crippen LogP contribution in [0.5, 0.6) is 0 Å². The summed E-state index contributed by atoms with van der Waals surface area (Å²) in [4.78, 5) is 13.1. The SMILES string of the molecule is Nc1cc(C(F)(F)F)ccc1N1CCCCC1=O. The Morgan fingerprint density at radius 2 is 1.94 bits per heavy atom. The molecule has 0 unspecified atom stereocenters. The topological polar surface area (TPSA) is 46.3 Å². The van der Waals surface area contributed by atoms with Crippen molar-refractivity contribution in [3.63, 3.8) is 0 Å². The highest BCUT2D eigenvalue weighted by molar-refractivity contribution is 5.96. The average Bonchev–Trinajstić information content (AvgIpc) is 2.29. The van der Waals surface area contributed by atoms with Crippen LogP contribution in [0.2, 0.25) is 0 Å². The molecule has 2 N–H and O–H groups in total. The summed E-state index contributed by atoms with van der Waals surface area (Å²) in [6.07, 6.45) is -2.35. The molecule has 1 aliphatic heterocycles. The molecular weight excluding hydrogens is 245 g/mol. The summed E-state index contributed by atoms with van der Waals surface area (Å²) in [5, 5.41) is 0. The number of piperidine rings is 1. The molecule has 6 heteroatoms. The van der Waals surface area contributed by atoms with Crippen LogP contribution in [0.15, 0.2) is 18.2 Å². The minimum Gasteiger partial charge on any atom is -0.397 e. The number of hydrogen-bond donors (Lipinski definition) is 1. The number of rotatable bonds is 1. The van der Waals surface area contributed by atoms with E-state index in [0.29, 0.717) is 18.7 Å². The monoisotopic (exact) mass is 258 g/mol. The van der Waals surface area contributed by atoms with Crippen molar-refractivity contribution < 1.29 is 18.0 Å². The number of benzene rings is 1. The van der Waals surface area contributed by atoms with Gasteiger partial charge in [-0.1, -0.05) is 0 Å². The molecule has 0 aliphatic carbocycles. The van der Waals surface area contributed by atoms with Crippen molar-refractivity contribution in [3.05, 3.63) is 23.8 Å². The van der Waals surface area contributed by atoms with Gasteiger partial charge in [0.25, 0.3) is 0 Å². The van der Waals surface area contributed by atoms with Gasteiger partial charge < -0.3 is 10.6 Å². The molecule has 1 aromatic rings. The Kier molecular flexibility index (Phi) is 3.19. The Labute approximate surface area is 102 Å². The van der Waals surface area contributed by atoms with E-state index in [0.717, 1.165) is 25.0 Å². The lowest BCUT2D eigenvalue weighted by Gasteiger charge is -2.28. The summed E-state index contributed by atoms with van der Waals surface area (Å²) in [5.41, 5.74) is 5.17. The van der Waals surface area contributed by atoms with E-state index in [4.69, 9.17) is 5.73 Å². The number of hydrogen-bond acceptors (Lipinski definition) is 2. The number of carbonyl (C=O) groups excluding carboxylic acids is 1. The predicted octanol–water partition coefficient (Wildman–Crippen LogP) is 2.80. The summed E-state index contributed by atoms with van der Waals surface area (Å²) in [6, 6.07) is 3.09. The summed E-state index contributed by atoms with van der Waals surface area (Å²) in [6.45, 7) is 0.508. The van der Waals surface area contributed by atoms with Gasteiger partial charge in [-0.25, -0.2) is 0 Å². The van der Waals surface area contributed by atoms with Gasteiger partial charge in [0, 0.05) is 13.0 Å². The van der Waals surface area contributed by atoms with Crippen LogP contribution >= 0.6 is 0 Å². The zero-order valence-corrected chi connectivity index (χ0v) is 9.63. The lowest BCUT2D eigenvalue weighted by Crippen LogP contribution is -2.35. The van der Waals surface area contributed by atoms with E-state index in [1.807, 2.05) is 0 Å². The highest BCUT2D eigenvalue weighted by atomic mass is 19.4. The Morgan fingerprint density at radius 3 is 2.50 bits per heavy atom. The first kappa shape index (κ1) is 12.7. The highest BCUT2D eigenvalue weighted by Crippen LogP contribution is 2.34. The van der Waals surface area contributed by atoms with Gasteiger partial charge in [0.05, 0.1) is 16.9 Å². The lowest BCUT2D eigenvalue weighted by atomic mass is 10.1. The van der Waals surface area contributed by atoms with Gasteiger partial charge in [-0.15, -0.1) is 0 Å². The third-order valence-corrected chi connectivity index (χ3v) is 2.97. The number of nitrogens with zero attached hydrogens (tertiary/aromatic N) is 1. The van der Waals surface area contributed by atoms with E-state index in [9.17, 15) is 18.0 Å². The fraction of sp³-hybridized carbons (Fsp3) is 0.417. The number of carbonyl (C=O) groups is 1. The molecule has 1 saturated heterocycles. The Hall–Kier alpha value is -1.72. The first-order valence-electron chi connectivity index (χ1n) is 5.66. The molecule has 1 fully saturated rings. The van der Waals surface area contributed by atoms with E-state index in [-0.39, 0.29) is 11.6 Å². The first-order valence-corrected chi connectivity index (χ1v) is 5.66. The fourth-order valence-corrected chi connectivity index (χ4v) is 2.04. The van der Waals surface area contributed by atoms with Crippen molar-refractivity contribution in [1.29, 1.82) is 0 Å². The van der Waals surface area contributed by atoms with Gasteiger partial charge in [-0.3, -0.25) is 4.79 Å². The molecule has 0 aromatic heterocycles. The maximum absolute atomic E-state index is 12.5. The molecule has 1 aliphatic rings. The van der Waals surface area contributed by atoms with Crippen LogP contribution in [0.25, 0.3) is 0 Å². The minimum absolute atomic E-state index is 0.0138. The zero-order chi connectivity index (χ0) is 13.3. The van der Waals surface area contributed by atoms with Crippen molar-refractivity contribution in [1.82, 2.24) is 0 Å².